The van der Waals surface area contributed by atoms with E-state index in [1.54, 1.807) is 18.2 Å². The third-order valence-corrected chi connectivity index (χ3v) is 6.04. The molecule has 9 heteroatoms. The molecule has 1 saturated carbocycles. The summed E-state index contributed by atoms with van der Waals surface area (Å²) in [5.74, 6) is 1.35. The van der Waals surface area contributed by atoms with E-state index in [9.17, 15) is 9.59 Å². The van der Waals surface area contributed by atoms with Crippen molar-refractivity contribution in [2.45, 2.75) is 31.7 Å². The Balaban J connectivity index is 1.29. The zero-order valence-electron chi connectivity index (χ0n) is 14.5. The van der Waals surface area contributed by atoms with Gasteiger partial charge in [-0.05, 0) is 37.8 Å². The Bertz CT molecular complexity index is 911. The van der Waals surface area contributed by atoms with Crippen LogP contribution in [0.2, 0.25) is 0 Å². The first-order valence-electron chi connectivity index (χ1n) is 9.04. The number of amides is 2. The van der Waals surface area contributed by atoms with Crippen LogP contribution in [0.4, 0.5) is 5.69 Å². The van der Waals surface area contributed by atoms with Crippen LogP contribution in [-0.2, 0) is 4.79 Å². The van der Waals surface area contributed by atoms with Gasteiger partial charge in [-0.3, -0.25) is 9.59 Å². The van der Waals surface area contributed by atoms with Crippen molar-refractivity contribution in [1.82, 2.24) is 15.1 Å². The molecule has 3 aliphatic rings. The van der Waals surface area contributed by atoms with E-state index >= 15 is 0 Å². The van der Waals surface area contributed by atoms with Crippen molar-refractivity contribution in [3.05, 3.63) is 28.2 Å². The van der Waals surface area contributed by atoms with Crippen molar-refractivity contribution < 1.29 is 19.1 Å². The molecule has 5 rings (SSSR count). The van der Waals surface area contributed by atoms with E-state index in [1.807, 2.05) is 4.90 Å². The number of aromatic nitrogens is 2. The van der Waals surface area contributed by atoms with Gasteiger partial charge < -0.3 is 19.7 Å². The molecule has 1 aliphatic carbocycles. The molecule has 1 unspecified atom stereocenters. The average molecular weight is 386 g/mol. The monoisotopic (exact) mass is 386 g/mol. The molecular weight excluding hydrogens is 368 g/mol. The summed E-state index contributed by atoms with van der Waals surface area (Å²) in [7, 11) is 0. The summed E-state index contributed by atoms with van der Waals surface area (Å²) in [6, 6.07) is 5.17. The van der Waals surface area contributed by atoms with Crippen LogP contribution in [0.3, 0.4) is 0 Å². The fourth-order valence-electron chi connectivity index (χ4n) is 3.47. The first-order valence-corrected chi connectivity index (χ1v) is 9.85. The largest absolute Gasteiger partial charge is 0.454 e. The Morgan fingerprint density at radius 3 is 2.85 bits per heavy atom. The lowest BCUT2D eigenvalue weighted by molar-refractivity contribution is -0.133. The van der Waals surface area contributed by atoms with Gasteiger partial charge in [-0.15, -0.1) is 10.2 Å². The molecule has 3 heterocycles. The van der Waals surface area contributed by atoms with E-state index in [0.29, 0.717) is 17.2 Å². The number of nitrogens with zero attached hydrogens (tertiary/aromatic N) is 3. The van der Waals surface area contributed by atoms with E-state index in [1.165, 1.54) is 11.3 Å². The number of hydrogen-bond acceptors (Lipinski definition) is 7. The van der Waals surface area contributed by atoms with Crippen molar-refractivity contribution in [3.8, 4) is 11.5 Å². The number of ether oxygens (including phenoxy) is 2. The number of rotatable bonds is 4. The third-order valence-electron chi connectivity index (χ3n) is 5.01. The van der Waals surface area contributed by atoms with Crippen LogP contribution in [0, 0.1) is 5.92 Å². The first kappa shape index (κ1) is 16.5. The molecule has 8 nitrogen and oxygen atoms in total. The highest BCUT2D eigenvalue weighted by atomic mass is 32.1. The van der Waals surface area contributed by atoms with Crippen LogP contribution in [0.25, 0.3) is 0 Å². The summed E-state index contributed by atoms with van der Waals surface area (Å²) < 4.78 is 10.6. The van der Waals surface area contributed by atoms with Gasteiger partial charge >= 0.3 is 0 Å². The van der Waals surface area contributed by atoms with Gasteiger partial charge in [0.15, 0.2) is 11.5 Å². The van der Waals surface area contributed by atoms with Crippen LogP contribution in [-0.4, -0.2) is 40.2 Å². The molecule has 1 aromatic heterocycles. The average Bonchev–Trinajstić information content (AvgIpc) is 3.08. The summed E-state index contributed by atoms with van der Waals surface area (Å²) in [5, 5.41) is 12.1. The van der Waals surface area contributed by atoms with Crippen molar-refractivity contribution >= 4 is 28.8 Å². The summed E-state index contributed by atoms with van der Waals surface area (Å²) >= 11 is 1.25. The molecule has 2 amide bonds. The molecule has 0 spiro atoms. The second-order valence-corrected chi connectivity index (χ2v) is 7.94. The first-order chi connectivity index (χ1) is 13.2. The third kappa shape index (κ3) is 3.12. The van der Waals surface area contributed by atoms with Gasteiger partial charge in [-0.1, -0.05) is 11.3 Å². The minimum atomic E-state index is -0.323. The Kier molecular flexibility index (Phi) is 3.96. The van der Waals surface area contributed by atoms with E-state index in [4.69, 9.17) is 9.47 Å². The van der Waals surface area contributed by atoms with E-state index in [-0.39, 0.29) is 35.6 Å². The zero-order valence-corrected chi connectivity index (χ0v) is 15.3. The SMILES string of the molecule is O=C(Nc1ccc2c(c1)OCO2)c1nnc(C2CCCN2C(=O)C2CC2)s1. The van der Waals surface area contributed by atoms with Gasteiger partial charge in [0.05, 0.1) is 6.04 Å². The molecule has 0 bridgehead atoms. The number of carbonyl (C=O) groups is 2. The molecule has 1 N–H and O–H groups in total. The molecule has 1 aromatic carbocycles. The second kappa shape index (κ2) is 6.49. The lowest BCUT2D eigenvalue weighted by atomic mass is 10.2. The predicted octanol–water partition coefficient (Wildman–Crippen LogP) is 2.59. The van der Waals surface area contributed by atoms with Crippen LogP contribution < -0.4 is 14.8 Å². The molecular formula is C18H18N4O4S. The quantitative estimate of drug-likeness (QED) is 0.868. The van der Waals surface area contributed by atoms with Crippen LogP contribution in [0.15, 0.2) is 18.2 Å². The summed E-state index contributed by atoms with van der Waals surface area (Å²) in [6.45, 7) is 0.947. The molecule has 2 fully saturated rings. The standard InChI is InChI=1S/C18H18N4O4S/c23-15(19-11-5-6-13-14(8-11)26-9-25-13)17-21-20-16(27-17)12-2-1-7-22(12)18(24)10-3-4-10/h5-6,8,10,12H,1-4,7,9H2,(H,19,23). The van der Waals surface area contributed by atoms with Gasteiger partial charge in [0.2, 0.25) is 17.7 Å². The van der Waals surface area contributed by atoms with Crippen molar-refractivity contribution in [1.29, 1.82) is 0 Å². The smallest absolute Gasteiger partial charge is 0.286 e. The van der Waals surface area contributed by atoms with Crippen molar-refractivity contribution in [2.24, 2.45) is 5.92 Å². The van der Waals surface area contributed by atoms with E-state index < -0.39 is 0 Å². The van der Waals surface area contributed by atoms with E-state index in [0.717, 1.165) is 37.2 Å². The van der Waals surface area contributed by atoms with E-state index in [2.05, 4.69) is 15.5 Å². The molecule has 1 atom stereocenters. The number of benzene rings is 1. The van der Waals surface area contributed by atoms with Crippen LogP contribution in [0.5, 0.6) is 11.5 Å². The van der Waals surface area contributed by atoms with Gasteiger partial charge in [0.25, 0.3) is 5.91 Å². The number of hydrogen-bond donors (Lipinski definition) is 1. The number of likely N-dealkylation sites (tertiary alicyclic amines) is 1. The molecule has 2 aliphatic heterocycles. The van der Waals surface area contributed by atoms with Crippen LogP contribution >= 0.6 is 11.3 Å². The zero-order chi connectivity index (χ0) is 18.4. The molecule has 1 saturated heterocycles. The normalized spacial score (nSPS) is 20.7. The summed E-state index contributed by atoms with van der Waals surface area (Å²) in [6.07, 6.45) is 3.81. The highest BCUT2D eigenvalue weighted by molar-refractivity contribution is 7.13. The van der Waals surface area contributed by atoms with Gasteiger partial charge in [-0.2, -0.15) is 0 Å². The Hall–Kier alpha value is -2.68. The van der Waals surface area contributed by atoms with Gasteiger partial charge in [-0.25, -0.2) is 0 Å². The maximum Gasteiger partial charge on any atom is 0.286 e. The van der Waals surface area contributed by atoms with Crippen molar-refractivity contribution in [2.75, 3.05) is 18.7 Å². The lowest BCUT2D eigenvalue weighted by Gasteiger charge is -2.22. The Labute approximate surface area is 159 Å². The van der Waals surface area contributed by atoms with Crippen LogP contribution in [0.1, 0.15) is 46.5 Å². The summed E-state index contributed by atoms with van der Waals surface area (Å²) in [4.78, 5) is 26.9. The van der Waals surface area contributed by atoms with Gasteiger partial charge in [0.1, 0.15) is 5.01 Å². The maximum atomic E-state index is 12.5. The minimum Gasteiger partial charge on any atom is -0.454 e. The number of anilines is 1. The molecule has 2 aromatic rings. The highest BCUT2D eigenvalue weighted by Gasteiger charge is 2.40. The minimum absolute atomic E-state index is 0.0531. The maximum absolute atomic E-state index is 12.5. The van der Waals surface area contributed by atoms with Gasteiger partial charge in [0, 0.05) is 24.2 Å². The number of carbonyl (C=O) groups excluding carboxylic acids is 2. The topological polar surface area (TPSA) is 93.7 Å². The number of fused-ring (bicyclic) bond motifs is 1. The lowest BCUT2D eigenvalue weighted by Crippen LogP contribution is -2.31. The predicted molar refractivity (Wildman–Crippen MR) is 96.8 cm³/mol. The Morgan fingerprint density at radius 1 is 1.15 bits per heavy atom. The molecule has 140 valence electrons. The number of nitrogens with one attached hydrogen (secondary N) is 1. The Morgan fingerprint density at radius 2 is 2.00 bits per heavy atom. The second-order valence-electron chi connectivity index (χ2n) is 6.93. The molecule has 27 heavy (non-hydrogen) atoms. The summed E-state index contributed by atoms with van der Waals surface area (Å²) in [5.41, 5.74) is 0.604. The highest BCUT2D eigenvalue weighted by Crippen LogP contribution is 2.39. The van der Waals surface area contributed by atoms with Crippen molar-refractivity contribution in [3.63, 3.8) is 0 Å². The fourth-order valence-corrected chi connectivity index (χ4v) is 4.36. The fraction of sp³-hybridized carbons (Fsp3) is 0.444. The molecule has 0 radical (unpaired) electrons.